The molecule has 0 saturated carbocycles. The van der Waals surface area contributed by atoms with Crippen molar-refractivity contribution in [2.45, 2.75) is 17.9 Å². The number of furan rings is 1. The molecule has 2 heterocycles. The molecule has 0 amide bonds. The minimum Gasteiger partial charge on any atom is -0.482 e. The zero-order valence-electron chi connectivity index (χ0n) is 36.0. The van der Waals surface area contributed by atoms with Crippen LogP contribution in [0.1, 0.15) is 23.6 Å². The van der Waals surface area contributed by atoms with Gasteiger partial charge in [0, 0.05) is 50.4 Å². The van der Waals surface area contributed by atoms with Crippen LogP contribution in [0.3, 0.4) is 0 Å². The molecule has 9 aromatic carbocycles. The summed E-state index contributed by atoms with van der Waals surface area (Å²) in [6, 6.07) is 80.6. The highest BCUT2D eigenvalue weighted by Crippen LogP contribution is 2.58. The number of hydrogen-bond acceptors (Lipinski definition) is 3. The minimum atomic E-state index is -0.580. The Balaban J connectivity index is 1.02. The lowest BCUT2D eigenvalue weighted by Gasteiger charge is -2.53. The van der Waals surface area contributed by atoms with Crippen LogP contribution in [0.4, 0.5) is 17.1 Å². The van der Waals surface area contributed by atoms with Crippen LogP contribution in [0, 0.1) is 5.92 Å². The van der Waals surface area contributed by atoms with Crippen molar-refractivity contribution in [2.24, 2.45) is 5.92 Å². The molecule has 310 valence electrons. The van der Waals surface area contributed by atoms with Crippen LogP contribution in [-0.2, 0) is 5.41 Å². The smallest absolute Gasteiger partial charge is 0.143 e. The average Bonchev–Trinajstić information content (AvgIpc) is 3.76. The van der Waals surface area contributed by atoms with E-state index in [9.17, 15) is 0 Å². The summed E-state index contributed by atoms with van der Waals surface area (Å²) >= 11 is 0. The number of para-hydroxylation sites is 3. The maximum Gasteiger partial charge on any atom is 0.143 e. The molecule has 1 aromatic heterocycles. The van der Waals surface area contributed by atoms with Crippen LogP contribution in [0.15, 0.2) is 253 Å². The topological polar surface area (TPSA) is 25.6 Å². The van der Waals surface area contributed by atoms with E-state index in [1.807, 2.05) is 0 Å². The molecule has 10 aromatic rings. The Kier molecular flexibility index (Phi) is 9.24. The van der Waals surface area contributed by atoms with Crippen molar-refractivity contribution in [1.29, 1.82) is 0 Å². The molecular weight excluding hydrogens is 791 g/mol. The lowest BCUT2D eigenvalue weighted by Crippen LogP contribution is -2.55. The molecule has 3 nitrogen and oxygen atoms in total. The van der Waals surface area contributed by atoms with Gasteiger partial charge in [-0.15, -0.1) is 0 Å². The number of benzene rings is 9. The highest BCUT2D eigenvalue weighted by atomic mass is 16.5. The van der Waals surface area contributed by atoms with Crippen molar-refractivity contribution in [1.82, 2.24) is 0 Å². The Hall–Kier alpha value is -8.14. The second-order valence-electron chi connectivity index (χ2n) is 17.4. The third-order valence-corrected chi connectivity index (χ3v) is 13.6. The van der Waals surface area contributed by atoms with Crippen LogP contribution in [-0.4, -0.2) is 5.60 Å². The van der Waals surface area contributed by atoms with Gasteiger partial charge < -0.3 is 14.1 Å². The van der Waals surface area contributed by atoms with Gasteiger partial charge in [-0.3, -0.25) is 0 Å². The molecule has 0 fully saturated rings. The zero-order valence-corrected chi connectivity index (χ0v) is 36.0. The second-order valence-corrected chi connectivity index (χ2v) is 17.4. The molecule has 0 N–H and O–H groups in total. The van der Waals surface area contributed by atoms with Gasteiger partial charge in [0.1, 0.15) is 22.5 Å². The number of rotatable bonds is 8. The van der Waals surface area contributed by atoms with Crippen molar-refractivity contribution < 1.29 is 9.15 Å². The van der Waals surface area contributed by atoms with Gasteiger partial charge in [-0.2, -0.15) is 0 Å². The summed E-state index contributed by atoms with van der Waals surface area (Å²) in [5.41, 5.74) is 14.1. The van der Waals surface area contributed by atoms with E-state index >= 15 is 0 Å². The third-order valence-electron chi connectivity index (χ3n) is 13.6. The van der Waals surface area contributed by atoms with Crippen LogP contribution in [0.5, 0.6) is 5.75 Å². The highest BCUT2D eigenvalue weighted by Gasteiger charge is 2.56. The average molecular weight is 836 g/mol. The van der Waals surface area contributed by atoms with Crippen molar-refractivity contribution in [2.75, 3.05) is 4.90 Å². The largest absolute Gasteiger partial charge is 0.482 e. The summed E-state index contributed by atoms with van der Waals surface area (Å²) in [7, 11) is 0. The van der Waals surface area contributed by atoms with E-state index in [4.69, 9.17) is 9.15 Å². The number of nitrogens with zero attached hydrogens (tertiary/aromatic N) is 1. The van der Waals surface area contributed by atoms with Gasteiger partial charge in [-0.05, 0) is 88.8 Å². The molecule has 1 aliphatic heterocycles. The predicted octanol–water partition coefficient (Wildman–Crippen LogP) is 16.3. The lowest BCUT2D eigenvalue weighted by molar-refractivity contribution is 0.0460. The monoisotopic (exact) mass is 835 g/mol. The molecule has 3 unspecified atom stereocenters. The third kappa shape index (κ3) is 6.34. The number of hydrogen-bond donors (Lipinski definition) is 0. The van der Waals surface area contributed by atoms with Crippen LogP contribution >= 0.6 is 0 Å². The van der Waals surface area contributed by atoms with Crippen LogP contribution in [0.2, 0.25) is 0 Å². The van der Waals surface area contributed by atoms with Gasteiger partial charge >= 0.3 is 0 Å². The SMILES string of the molecule is CC12C=CC=CC1C(c1ccccc1)(c1cccc(N(c3ccc(-c4ccccc4)cc3)c3ccc(-c4cccc5c4oc4c(-c6ccccc6)cccc45)cc3)c1)c1ccccc1O2. The molecule has 1 aliphatic carbocycles. The first kappa shape index (κ1) is 38.5. The van der Waals surface area contributed by atoms with E-state index in [0.717, 1.165) is 72.6 Å². The van der Waals surface area contributed by atoms with Crippen molar-refractivity contribution in [3.63, 3.8) is 0 Å². The highest BCUT2D eigenvalue weighted by molar-refractivity contribution is 6.13. The van der Waals surface area contributed by atoms with Gasteiger partial charge in [-0.1, -0.05) is 200 Å². The Labute approximate surface area is 379 Å². The first-order chi connectivity index (χ1) is 32.1. The van der Waals surface area contributed by atoms with E-state index < -0.39 is 11.0 Å². The van der Waals surface area contributed by atoms with Crippen LogP contribution in [0.25, 0.3) is 55.3 Å². The molecule has 12 rings (SSSR count). The number of ether oxygens (including phenoxy) is 1. The minimum absolute atomic E-state index is 0.0323. The fraction of sp³-hybridized carbons (Fsp3) is 0.0645. The van der Waals surface area contributed by atoms with E-state index in [2.05, 4.69) is 261 Å². The molecular formula is C62H45NO2. The summed E-state index contributed by atoms with van der Waals surface area (Å²) in [5.74, 6) is 0.871. The number of allylic oxidation sites excluding steroid dienone is 2. The van der Waals surface area contributed by atoms with E-state index in [1.165, 1.54) is 22.3 Å². The molecule has 0 radical (unpaired) electrons. The van der Waals surface area contributed by atoms with Crippen molar-refractivity contribution in [3.05, 3.63) is 265 Å². The Morgan fingerprint density at radius 3 is 1.62 bits per heavy atom. The molecule has 2 aliphatic rings. The van der Waals surface area contributed by atoms with E-state index in [-0.39, 0.29) is 5.92 Å². The van der Waals surface area contributed by atoms with Crippen molar-refractivity contribution >= 4 is 39.0 Å². The maximum absolute atomic E-state index is 6.95. The normalized spacial score (nSPS) is 18.5. The molecule has 3 heteroatoms. The Morgan fingerprint density at radius 1 is 0.431 bits per heavy atom. The molecule has 0 spiro atoms. The molecule has 3 atom stereocenters. The molecule has 0 saturated heterocycles. The zero-order chi connectivity index (χ0) is 43.4. The number of anilines is 3. The molecule has 0 bridgehead atoms. The Morgan fingerprint density at radius 2 is 0.954 bits per heavy atom. The van der Waals surface area contributed by atoms with Gasteiger partial charge in [-0.25, -0.2) is 0 Å². The van der Waals surface area contributed by atoms with E-state index in [0.29, 0.717) is 0 Å². The summed E-state index contributed by atoms with van der Waals surface area (Å²) in [4.78, 5) is 2.38. The first-order valence-corrected chi connectivity index (χ1v) is 22.4. The maximum atomic E-state index is 6.95. The van der Waals surface area contributed by atoms with Gasteiger partial charge in [0.25, 0.3) is 0 Å². The van der Waals surface area contributed by atoms with Crippen molar-refractivity contribution in [3.8, 4) is 39.1 Å². The van der Waals surface area contributed by atoms with Gasteiger partial charge in [0.05, 0.1) is 5.41 Å². The summed E-state index contributed by atoms with van der Waals surface area (Å²) in [6.45, 7) is 2.23. The number of fused-ring (bicyclic) bond motifs is 5. The van der Waals surface area contributed by atoms with Gasteiger partial charge in [0.15, 0.2) is 0 Å². The Bertz CT molecular complexity index is 3410. The van der Waals surface area contributed by atoms with E-state index in [1.54, 1.807) is 0 Å². The molecule has 65 heavy (non-hydrogen) atoms. The predicted molar refractivity (Wildman–Crippen MR) is 268 cm³/mol. The standard InChI is InChI=1S/C62H45NO2/c1-61-41-14-13-32-58(61)62(47-22-9-4-10-23-47,56-30-11-12-31-57(56)65-61)48-24-15-25-51(42-48)63(49-37-33-44(34-38-49)43-18-5-2-6-19-43)50-39-35-46(36-40-50)53-27-17-29-55-54-28-16-26-52(59(54)64-60(53)55)45-20-7-3-8-21-45/h2-42,58H,1H3. The summed E-state index contributed by atoms with van der Waals surface area (Å²) in [6.07, 6.45) is 8.88. The van der Waals surface area contributed by atoms with Gasteiger partial charge in [0.2, 0.25) is 0 Å². The van der Waals surface area contributed by atoms with Crippen LogP contribution < -0.4 is 9.64 Å². The quantitative estimate of drug-likeness (QED) is 0.152. The fourth-order valence-corrected chi connectivity index (χ4v) is 10.7. The fourth-order valence-electron chi connectivity index (χ4n) is 10.7. The summed E-state index contributed by atoms with van der Waals surface area (Å²) in [5, 5.41) is 2.23. The second kappa shape index (κ2) is 15.6. The lowest BCUT2D eigenvalue weighted by atomic mass is 9.55. The summed E-state index contributed by atoms with van der Waals surface area (Å²) < 4.78 is 13.8. The first-order valence-electron chi connectivity index (χ1n) is 22.4.